The van der Waals surface area contributed by atoms with E-state index < -0.39 is 0 Å². The van der Waals surface area contributed by atoms with E-state index in [0.29, 0.717) is 5.54 Å². The monoisotopic (exact) mass is 363 g/mol. The molecule has 4 saturated carbocycles. The molecule has 2 nitrogen and oxygen atoms in total. The molecule has 4 aliphatic carbocycles. The molecule has 4 bridgehead atoms. The zero-order chi connectivity index (χ0) is 15.2. The normalized spacial score (nSPS) is 35.8. The van der Waals surface area contributed by atoms with Crippen LogP contribution in [0.5, 0.6) is 5.75 Å². The lowest BCUT2D eigenvalue weighted by atomic mass is 9.53. The van der Waals surface area contributed by atoms with Crippen LogP contribution in [0.15, 0.2) is 22.7 Å². The van der Waals surface area contributed by atoms with Gasteiger partial charge >= 0.3 is 0 Å². The van der Waals surface area contributed by atoms with Crippen molar-refractivity contribution in [2.24, 2.45) is 17.8 Å². The highest BCUT2D eigenvalue weighted by atomic mass is 79.9. The van der Waals surface area contributed by atoms with Crippen molar-refractivity contribution in [1.29, 1.82) is 0 Å². The van der Waals surface area contributed by atoms with Gasteiger partial charge in [-0.1, -0.05) is 15.9 Å². The van der Waals surface area contributed by atoms with E-state index in [-0.39, 0.29) is 0 Å². The molecule has 0 amide bonds. The van der Waals surface area contributed by atoms with Crippen LogP contribution in [0.2, 0.25) is 0 Å². The Morgan fingerprint density at radius 1 is 1.14 bits per heavy atom. The van der Waals surface area contributed by atoms with Crippen LogP contribution in [0.25, 0.3) is 0 Å². The molecule has 22 heavy (non-hydrogen) atoms. The van der Waals surface area contributed by atoms with E-state index in [2.05, 4.69) is 46.4 Å². The highest BCUT2D eigenvalue weighted by molar-refractivity contribution is 9.10. The summed E-state index contributed by atoms with van der Waals surface area (Å²) in [6.07, 6.45) is 8.71. The summed E-state index contributed by atoms with van der Waals surface area (Å²) >= 11 is 3.60. The molecule has 0 spiro atoms. The molecule has 0 aromatic heterocycles. The summed E-state index contributed by atoms with van der Waals surface area (Å²) in [7, 11) is 0. The minimum Gasteiger partial charge on any atom is -0.494 e. The predicted molar refractivity (Wildman–Crippen MR) is 93.1 cm³/mol. The van der Waals surface area contributed by atoms with Crippen LogP contribution in [0.1, 0.15) is 51.0 Å². The quantitative estimate of drug-likeness (QED) is 0.802. The molecule has 1 aromatic carbocycles. The molecule has 3 heteroatoms. The zero-order valence-electron chi connectivity index (χ0n) is 13.4. The van der Waals surface area contributed by atoms with Crippen molar-refractivity contribution in [3.05, 3.63) is 28.2 Å². The van der Waals surface area contributed by atoms with E-state index in [1.807, 2.05) is 0 Å². The Morgan fingerprint density at radius 3 is 2.36 bits per heavy atom. The first-order valence-electron chi connectivity index (χ1n) is 8.82. The molecular formula is C19H26BrNO. The molecule has 0 unspecified atom stereocenters. The lowest BCUT2D eigenvalue weighted by Crippen LogP contribution is -2.58. The molecule has 4 aliphatic rings. The summed E-state index contributed by atoms with van der Waals surface area (Å²) in [5.74, 6) is 4.01. The van der Waals surface area contributed by atoms with Crippen molar-refractivity contribution in [2.75, 3.05) is 6.61 Å². The van der Waals surface area contributed by atoms with Gasteiger partial charge in [-0.3, -0.25) is 0 Å². The van der Waals surface area contributed by atoms with Gasteiger partial charge in [0.05, 0.1) is 6.61 Å². The Morgan fingerprint density at radius 2 is 1.77 bits per heavy atom. The van der Waals surface area contributed by atoms with E-state index in [9.17, 15) is 0 Å². The lowest BCUT2D eigenvalue weighted by Gasteiger charge is -2.57. The summed E-state index contributed by atoms with van der Waals surface area (Å²) in [5.41, 5.74) is 1.70. The van der Waals surface area contributed by atoms with Crippen LogP contribution >= 0.6 is 15.9 Å². The van der Waals surface area contributed by atoms with Gasteiger partial charge in [-0.15, -0.1) is 0 Å². The van der Waals surface area contributed by atoms with Crippen molar-refractivity contribution >= 4 is 15.9 Å². The zero-order valence-corrected chi connectivity index (χ0v) is 15.0. The lowest BCUT2D eigenvalue weighted by molar-refractivity contribution is -0.0206. The molecule has 0 atom stereocenters. The van der Waals surface area contributed by atoms with Crippen LogP contribution in [-0.2, 0) is 6.54 Å². The van der Waals surface area contributed by atoms with Crippen LogP contribution in [0.4, 0.5) is 0 Å². The first kappa shape index (κ1) is 15.0. The van der Waals surface area contributed by atoms with Gasteiger partial charge < -0.3 is 10.1 Å². The van der Waals surface area contributed by atoms with Gasteiger partial charge in [0.2, 0.25) is 0 Å². The fourth-order valence-corrected chi connectivity index (χ4v) is 6.00. The van der Waals surface area contributed by atoms with E-state index in [1.165, 1.54) is 44.1 Å². The van der Waals surface area contributed by atoms with Crippen molar-refractivity contribution in [2.45, 2.75) is 57.5 Å². The summed E-state index contributed by atoms with van der Waals surface area (Å²) in [4.78, 5) is 0. The Balaban J connectivity index is 1.50. The molecule has 5 rings (SSSR count). The van der Waals surface area contributed by atoms with Gasteiger partial charge in [-0.05, 0) is 81.4 Å². The highest BCUT2D eigenvalue weighted by Gasteiger charge is 2.50. The molecule has 120 valence electrons. The number of halogens is 1. The number of rotatable bonds is 5. The largest absolute Gasteiger partial charge is 0.494 e. The van der Waals surface area contributed by atoms with E-state index in [1.54, 1.807) is 0 Å². The third-order valence-corrected chi connectivity index (χ3v) is 6.51. The maximum absolute atomic E-state index is 5.80. The fraction of sp³-hybridized carbons (Fsp3) is 0.684. The topological polar surface area (TPSA) is 21.3 Å². The van der Waals surface area contributed by atoms with Crippen molar-refractivity contribution < 1.29 is 4.74 Å². The molecule has 0 heterocycles. The van der Waals surface area contributed by atoms with Crippen molar-refractivity contribution in [1.82, 2.24) is 5.32 Å². The highest BCUT2D eigenvalue weighted by Crippen LogP contribution is 2.55. The number of nitrogens with one attached hydrogen (secondary N) is 1. The third kappa shape index (κ3) is 2.82. The molecule has 4 fully saturated rings. The minimum absolute atomic E-state index is 0.417. The first-order chi connectivity index (χ1) is 10.7. The SMILES string of the molecule is CCOc1ccc(Br)cc1CNC12CC3CC(CC(C3)C1)C2. The minimum atomic E-state index is 0.417. The molecule has 0 saturated heterocycles. The number of benzene rings is 1. The number of hydrogen-bond acceptors (Lipinski definition) is 2. The molecule has 0 radical (unpaired) electrons. The second kappa shape index (κ2) is 5.83. The van der Waals surface area contributed by atoms with Gasteiger partial charge in [0.1, 0.15) is 5.75 Å². The smallest absolute Gasteiger partial charge is 0.123 e. The number of hydrogen-bond donors (Lipinski definition) is 1. The summed E-state index contributed by atoms with van der Waals surface area (Å²) < 4.78 is 6.94. The molecular weight excluding hydrogens is 338 g/mol. The molecule has 1 N–H and O–H groups in total. The molecule has 1 aromatic rings. The van der Waals surface area contributed by atoms with Crippen LogP contribution in [-0.4, -0.2) is 12.1 Å². The standard InChI is InChI=1S/C19H26BrNO/c1-2-22-18-4-3-17(20)8-16(18)12-21-19-9-13-5-14(10-19)7-15(6-13)11-19/h3-4,8,13-15,21H,2,5-7,9-12H2,1H3. The summed E-state index contributed by atoms with van der Waals surface area (Å²) in [6.45, 7) is 3.71. The molecule has 0 aliphatic heterocycles. The van der Waals surface area contributed by atoms with E-state index in [4.69, 9.17) is 4.74 Å². The Hall–Kier alpha value is -0.540. The number of ether oxygens (including phenoxy) is 1. The average molecular weight is 364 g/mol. The Labute approximate surface area is 142 Å². The Kier molecular flexibility index (Phi) is 3.98. The maximum Gasteiger partial charge on any atom is 0.123 e. The predicted octanol–water partition coefficient (Wildman–Crippen LogP) is 4.91. The van der Waals surface area contributed by atoms with E-state index in [0.717, 1.165) is 41.1 Å². The maximum atomic E-state index is 5.80. The average Bonchev–Trinajstić information content (AvgIpc) is 2.46. The van der Waals surface area contributed by atoms with E-state index >= 15 is 0 Å². The van der Waals surface area contributed by atoms with Gasteiger partial charge in [-0.2, -0.15) is 0 Å². The van der Waals surface area contributed by atoms with Crippen LogP contribution in [0, 0.1) is 17.8 Å². The van der Waals surface area contributed by atoms with Crippen molar-refractivity contribution in [3.8, 4) is 5.75 Å². The van der Waals surface area contributed by atoms with Gasteiger partial charge in [-0.25, -0.2) is 0 Å². The van der Waals surface area contributed by atoms with Crippen LogP contribution in [0.3, 0.4) is 0 Å². The summed E-state index contributed by atoms with van der Waals surface area (Å²) in [6, 6.07) is 6.36. The summed E-state index contributed by atoms with van der Waals surface area (Å²) in [5, 5.41) is 3.97. The van der Waals surface area contributed by atoms with Crippen molar-refractivity contribution in [3.63, 3.8) is 0 Å². The second-order valence-corrected chi connectivity index (χ2v) is 8.65. The van der Waals surface area contributed by atoms with Crippen LogP contribution < -0.4 is 10.1 Å². The Bertz CT molecular complexity index is 521. The van der Waals surface area contributed by atoms with Gasteiger partial charge in [0, 0.05) is 22.1 Å². The third-order valence-electron chi connectivity index (χ3n) is 6.01. The fourth-order valence-electron chi connectivity index (χ4n) is 5.59. The van der Waals surface area contributed by atoms with Gasteiger partial charge in [0.25, 0.3) is 0 Å². The van der Waals surface area contributed by atoms with Gasteiger partial charge in [0.15, 0.2) is 0 Å². The first-order valence-corrected chi connectivity index (χ1v) is 9.61. The second-order valence-electron chi connectivity index (χ2n) is 7.74.